The number of ether oxygens (including phenoxy) is 1. The van der Waals surface area contributed by atoms with Gasteiger partial charge in [0.15, 0.2) is 0 Å². The van der Waals surface area contributed by atoms with Gasteiger partial charge in [0.05, 0.1) is 18.7 Å². The molecule has 0 radical (unpaired) electrons. The Hall–Kier alpha value is -3.31. The highest BCUT2D eigenvalue weighted by Gasteiger charge is 2.38. The molecule has 3 aromatic rings. The van der Waals surface area contributed by atoms with Crippen molar-refractivity contribution in [3.05, 3.63) is 88.9 Å². The van der Waals surface area contributed by atoms with E-state index < -0.39 is 0 Å². The molecule has 0 aliphatic carbocycles. The Kier molecular flexibility index (Phi) is 6.19. The largest absolute Gasteiger partial charge is 0.496 e. The SMILES string of the molecule is COc1ccccc1C(=O)N1c2ccccc2[C@H](N(C(C)=O)c2ccc(Cl)cc2)C[C@@H]1C. The van der Waals surface area contributed by atoms with Crippen LogP contribution in [0.15, 0.2) is 72.8 Å². The number of carbonyl (C=O) groups excluding carboxylic acids is 2. The van der Waals surface area contributed by atoms with Gasteiger partial charge in [-0.15, -0.1) is 0 Å². The molecule has 0 saturated carbocycles. The first-order valence-electron chi connectivity index (χ1n) is 10.5. The van der Waals surface area contributed by atoms with Crippen LogP contribution in [0.3, 0.4) is 0 Å². The molecule has 32 heavy (non-hydrogen) atoms. The minimum absolute atomic E-state index is 0.0659. The third-order valence-electron chi connectivity index (χ3n) is 5.87. The Labute approximate surface area is 193 Å². The molecule has 0 unspecified atom stereocenters. The van der Waals surface area contributed by atoms with Crippen LogP contribution >= 0.6 is 11.6 Å². The number of amides is 2. The molecule has 6 heteroatoms. The lowest BCUT2D eigenvalue weighted by atomic mass is 9.89. The normalized spacial score (nSPS) is 17.4. The molecule has 0 bridgehead atoms. The van der Waals surface area contributed by atoms with Crippen LogP contribution in [0.1, 0.15) is 42.2 Å². The average molecular weight is 449 g/mol. The van der Waals surface area contributed by atoms with Crippen LogP contribution < -0.4 is 14.5 Å². The number of carbonyl (C=O) groups is 2. The van der Waals surface area contributed by atoms with Crippen LogP contribution in [0.2, 0.25) is 5.02 Å². The summed E-state index contributed by atoms with van der Waals surface area (Å²) in [6.07, 6.45) is 0.597. The molecular formula is C26H25ClN2O3. The summed E-state index contributed by atoms with van der Waals surface area (Å²) in [6.45, 7) is 3.57. The van der Waals surface area contributed by atoms with Gasteiger partial charge in [0.2, 0.25) is 5.91 Å². The third kappa shape index (κ3) is 3.96. The van der Waals surface area contributed by atoms with Crippen molar-refractivity contribution in [3.8, 4) is 5.75 Å². The standard InChI is InChI=1S/C26H25ClN2O3/c1-17-16-24(29(18(2)30)20-14-12-19(27)13-15-20)21-8-4-6-10-23(21)28(17)26(31)22-9-5-7-11-25(22)32-3/h4-15,17,24H,16H2,1-3H3/t17-,24+/m0/s1. The molecule has 2 amide bonds. The number of hydrogen-bond donors (Lipinski definition) is 0. The summed E-state index contributed by atoms with van der Waals surface area (Å²) in [5.41, 5.74) is 3.01. The van der Waals surface area contributed by atoms with Gasteiger partial charge in [-0.25, -0.2) is 0 Å². The summed E-state index contributed by atoms with van der Waals surface area (Å²) < 4.78 is 5.43. The van der Waals surface area contributed by atoms with Gasteiger partial charge in [-0.3, -0.25) is 9.59 Å². The third-order valence-corrected chi connectivity index (χ3v) is 6.12. The van der Waals surface area contributed by atoms with Crippen molar-refractivity contribution in [1.29, 1.82) is 0 Å². The fourth-order valence-corrected chi connectivity index (χ4v) is 4.60. The van der Waals surface area contributed by atoms with Crippen LogP contribution in [-0.4, -0.2) is 25.0 Å². The highest BCUT2D eigenvalue weighted by Crippen LogP contribution is 2.43. The number of benzene rings is 3. The molecule has 0 aromatic heterocycles. The zero-order chi connectivity index (χ0) is 22.8. The van der Waals surface area contributed by atoms with E-state index in [9.17, 15) is 9.59 Å². The van der Waals surface area contributed by atoms with Gasteiger partial charge in [0.1, 0.15) is 5.75 Å². The Morgan fingerprint density at radius 3 is 2.34 bits per heavy atom. The topological polar surface area (TPSA) is 49.9 Å². The van der Waals surface area contributed by atoms with Crippen molar-refractivity contribution < 1.29 is 14.3 Å². The fraction of sp³-hybridized carbons (Fsp3) is 0.231. The van der Waals surface area contributed by atoms with E-state index in [-0.39, 0.29) is 23.9 Å². The van der Waals surface area contributed by atoms with Crippen LogP contribution in [0.5, 0.6) is 5.75 Å². The molecule has 1 heterocycles. The average Bonchev–Trinajstić information content (AvgIpc) is 2.80. The number of para-hydroxylation sites is 2. The van der Waals surface area contributed by atoms with E-state index in [0.717, 1.165) is 16.9 Å². The summed E-state index contributed by atoms with van der Waals surface area (Å²) in [7, 11) is 1.56. The lowest BCUT2D eigenvalue weighted by molar-refractivity contribution is -0.117. The van der Waals surface area contributed by atoms with E-state index in [1.54, 1.807) is 43.2 Å². The van der Waals surface area contributed by atoms with Crippen LogP contribution in [0, 0.1) is 0 Å². The highest BCUT2D eigenvalue weighted by atomic mass is 35.5. The zero-order valence-electron chi connectivity index (χ0n) is 18.3. The molecule has 0 N–H and O–H groups in total. The molecule has 0 spiro atoms. The minimum atomic E-state index is -0.207. The maximum atomic E-state index is 13.6. The lowest BCUT2D eigenvalue weighted by Gasteiger charge is -2.43. The maximum Gasteiger partial charge on any atom is 0.262 e. The summed E-state index contributed by atoms with van der Waals surface area (Å²) in [6, 6.07) is 21.9. The first-order chi connectivity index (χ1) is 15.4. The second-order valence-corrected chi connectivity index (χ2v) is 8.34. The molecule has 1 aliphatic rings. The van der Waals surface area contributed by atoms with E-state index in [1.165, 1.54) is 0 Å². The number of methoxy groups -OCH3 is 1. The van der Waals surface area contributed by atoms with Gasteiger partial charge in [-0.2, -0.15) is 0 Å². The van der Waals surface area contributed by atoms with Crippen LogP contribution in [0.25, 0.3) is 0 Å². The maximum absolute atomic E-state index is 13.6. The van der Waals surface area contributed by atoms with Crippen molar-refractivity contribution in [2.24, 2.45) is 0 Å². The molecule has 5 nitrogen and oxygen atoms in total. The second kappa shape index (κ2) is 9.05. The first kappa shape index (κ1) is 21.9. The molecule has 164 valence electrons. The number of fused-ring (bicyclic) bond motifs is 1. The van der Waals surface area contributed by atoms with Crippen molar-refractivity contribution in [1.82, 2.24) is 0 Å². The molecule has 0 fully saturated rings. The van der Waals surface area contributed by atoms with Crippen molar-refractivity contribution in [2.45, 2.75) is 32.4 Å². The van der Waals surface area contributed by atoms with E-state index in [2.05, 4.69) is 0 Å². The quantitative estimate of drug-likeness (QED) is 0.500. The van der Waals surface area contributed by atoms with Crippen LogP contribution in [-0.2, 0) is 4.79 Å². The van der Waals surface area contributed by atoms with Gasteiger partial charge in [-0.05, 0) is 61.4 Å². The fourth-order valence-electron chi connectivity index (χ4n) is 4.47. The Bertz CT molecular complexity index is 1150. The summed E-state index contributed by atoms with van der Waals surface area (Å²) in [5.74, 6) is 0.348. The number of hydrogen-bond acceptors (Lipinski definition) is 3. The predicted molar refractivity (Wildman–Crippen MR) is 128 cm³/mol. The van der Waals surface area contributed by atoms with E-state index in [1.807, 2.05) is 60.4 Å². The number of anilines is 2. The zero-order valence-corrected chi connectivity index (χ0v) is 19.0. The van der Waals surface area contributed by atoms with Gasteiger partial charge >= 0.3 is 0 Å². The van der Waals surface area contributed by atoms with Gasteiger partial charge < -0.3 is 14.5 Å². The Morgan fingerprint density at radius 2 is 1.66 bits per heavy atom. The van der Waals surface area contributed by atoms with Gasteiger partial charge in [0.25, 0.3) is 5.91 Å². The first-order valence-corrected chi connectivity index (χ1v) is 10.9. The van der Waals surface area contributed by atoms with E-state index in [0.29, 0.717) is 22.8 Å². The number of nitrogens with zero attached hydrogens (tertiary/aromatic N) is 2. The van der Waals surface area contributed by atoms with Gasteiger partial charge in [-0.1, -0.05) is 41.9 Å². The lowest BCUT2D eigenvalue weighted by Crippen LogP contribution is -2.47. The summed E-state index contributed by atoms with van der Waals surface area (Å²) >= 11 is 6.07. The van der Waals surface area contributed by atoms with Crippen molar-refractivity contribution in [2.75, 3.05) is 16.9 Å². The van der Waals surface area contributed by atoms with Gasteiger partial charge in [0, 0.05) is 29.4 Å². The Morgan fingerprint density at radius 1 is 1.00 bits per heavy atom. The predicted octanol–water partition coefficient (Wildman–Crippen LogP) is 5.88. The van der Waals surface area contributed by atoms with E-state index in [4.69, 9.17) is 16.3 Å². The monoisotopic (exact) mass is 448 g/mol. The highest BCUT2D eigenvalue weighted by molar-refractivity contribution is 6.30. The smallest absolute Gasteiger partial charge is 0.262 e. The second-order valence-electron chi connectivity index (χ2n) is 7.90. The van der Waals surface area contributed by atoms with Crippen molar-refractivity contribution in [3.63, 3.8) is 0 Å². The van der Waals surface area contributed by atoms with Crippen LogP contribution in [0.4, 0.5) is 11.4 Å². The molecule has 1 aliphatic heterocycles. The molecule has 2 atom stereocenters. The molecule has 0 saturated heterocycles. The summed E-state index contributed by atoms with van der Waals surface area (Å²) in [5, 5.41) is 0.614. The molecule has 3 aromatic carbocycles. The van der Waals surface area contributed by atoms with E-state index >= 15 is 0 Å². The van der Waals surface area contributed by atoms with Crippen molar-refractivity contribution >= 4 is 34.8 Å². The summed E-state index contributed by atoms with van der Waals surface area (Å²) in [4.78, 5) is 30.0. The molecular weight excluding hydrogens is 424 g/mol. The number of halogens is 1. The minimum Gasteiger partial charge on any atom is -0.496 e. The Balaban J connectivity index is 1.79. The number of rotatable bonds is 4. The molecule has 4 rings (SSSR count).